The molecule has 1 aromatic carbocycles. The summed E-state index contributed by atoms with van der Waals surface area (Å²) in [6, 6.07) is 6.16. The van der Waals surface area contributed by atoms with Gasteiger partial charge in [-0.25, -0.2) is 0 Å². The Bertz CT molecular complexity index is 503. The predicted octanol–water partition coefficient (Wildman–Crippen LogP) is 5.16. The summed E-state index contributed by atoms with van der Waals surface area (Å²) >= 11 is 14.0. The predicted molar refractivity (Wildman–Crippen MR) is 91.1 cm³/mol. The van der Waals surface area contributed by atoms with Gasteiger partial charge in [-0.2, -0.15) is 0 Å². The molecule has 0 aliphatic carbocycles. The van der Waals surface area contributed by atoms with Crippen molar-refractivity contribution in [1.82, 2.24) is 5.32 Å². The summed E-state index contributed by atoms with van der Waals surface area (Å²) < 4.78 is 0. The zero-order chi connectivity index (χ0) is 14.7. The Labute approximate surface area is 135 Å². The van der Waals surface area contributed by atoms with Gasteiger partial charge in [0, 0.05) is 15.8 Å². The van der Waals surface area contributed by atoms with Gasteiger partial charge in [0.1, 0.15) is 0 Å². The summed E-state index contributed by atoms with van der Waals surface area (Å²) in [5.41, 5.74) is 1.05. The Hall–Kier alpha value is -0.380. The van der Waals surface area contributed by atoms with Gasteiger partial charge in [0.25, 0.3) is 0 Å². The van der Waals surface area contributed by atoms with Crippen LogP contribution in [0.2, 0.25) is 10.0 Å². The van der Waals surface area contributed by atoms with Gasteiger partial charge in [-0.3, -0.25) is 4.99 Å². The third-order valence-electron chi connectivity index (χ3n) is 3.47. The molecule has 1 heterocycles. The Morgan fingerprint density at radius 3 is 2.70 bits per heavy atom. The van der Waals surface area contributed by atoms with Crippen LogP contribution < -0.4 is 5.32 Å². The molecule has 5 heteroatoms. The summed E-state index contributed by atoms with van der Waals surface area (Å²) in [4.78, 5) is 4.79. The average molecular weight is 331 g/mol. The summed E-state index contributed by atoms with van der Waals surface area (Å²) in [7, 11) is 0. The number of thioether (sulfide) groups is 1. The second-order valence-corrected chi connectivity index (χ2v) is 7.34. The van der Waals surface area contributed by atoms with Crippen LogP contribution in [-0.4, -0.2) is 17.0 Å². The zero-order valence-electron chi connectivity index (χ0n) is 12.0. The first-order valence-electron chi connectivity index (χ1n) is 6.89. The monoisotopic (exact) mass is 330 g/mol. The Balaban J connectivity index is 2.09. The van der Waals surface area contributed by atoms with E-state index >= 15 is 0 Å². The molecule has 0 aromatic heterocycles. The van der Waals surface area contributed by atoms with Gasteiger partial charge in [0.15, 0.2) is 5.17 Å². The second-order valence-electron chi connectivity index (χ2n) is 5.41. The quantitative estimate of drug-likeness (QED) is 0.827. The molecule has 0 saturated carbocycles. The van der Waals surface area contributed by atoms with Crippen molar-refractivity contribution in [1.29, 1.82) is 0 Å². The molecule has 0 radical (unpaired) electrons. The number of nitrogens with zero attached hydrogens (tertiary/aromatic N) is 1. The lowest BCUT2D eigenvalue weighted by Gasteiger charge is -2.25. The van der Waals surface area contributed by atoms with Crippen LogP contribution in [0.4, 0.5) is 0 Å². The fourth-order valence-corrected chi connectivity index (χ4v) is 3.80. The van der Waals surface area contributed by atoms with E-state index in [-0.39, 0.29) is 6.04 Å². The van der Waals surface area contributed by atoms with E-state index in [2.05, 4.69) is 26.1 Å². The van der Waals surface area contributed by atoms with E-state index < -0.39 is 0 Å². The van der Waals surface area contributed by atoms with E-state index in [0.29, 0.717) is 22.0 Å². The number of aliphatic imine (C=N–C) groups is 1. The highest BCUT2D eigenvalue weighted by Crippen LogP contribution is 2.28. The molecule has 1 aliphatic rings. The molecule has 0 saturated heterocycles. The largest absolute Gasteiger partial charge is 0.358 e. The summed E-state index contributed by atoms with van der Waals surface area (Å²) in [6.45, 7) is 6.54. The van der Waals surface area contributed by atoms with Crippen LogP contribution in [0.5, 0.6) is 0 Å². The molecule has 1 aliphatic heterocycles. The van der Waals surface area contributed by atoms with Crippen LogP contribution in [-0.2, 0) is 0 Å². The SMILES string of the molecule is CC(NC1=NC(C(C)C)CCS1)c1ccc(Cl)cc1Cl. The van der Waals surface area contributed by atoms with E-state index in [1.807, 2.05) is 12.1 Å². The van der Waals surface area contributed by atoms with E-state index in [1.165, 1.54) is 0 Å². The minimum Gasteiger partial charge on any atom is -0.358 e. The molecule has 0 fully saturated rings. The topological polar surface area (TPSA) is 24.4 Å². The molecule has 2 unspecified atom stereocenters. The number of hydrogen-bond acceptors (Lipinski definition) is 3. The van der Waals surface area contributed by atoms with Crippen molar-refractivity contribution in [3.05, 3.63) is 33.8 Å². The number of amidine groups is 1. The molecule has 2 atom stereocenters. The van der Waals surface area contributed by atoms with E-state index in [9.17, 15) is 0 Å². The molecule has 2 rings (SSSR count). The van der Waals surface area contributed by atoms with Gasteiger partial charge in [0.2, 0.25) is 0 Å². The first-order valence-corrected chi connectivity index (χ1v) is 8.63. The fraction of sp³-hybridized carbons (Fsp3) is 0.533. The van der Waals surface area contributed by atoms with Crippen LogP contribution in [0.1, 0.15) is 38.8 Å². The lowest BCUT2D eigenvalue weighted by molar-refractivity contribution is 0.482. The second kappa shape index (κ2) is 7.06. The minimum absolute atomic E-state index is 0.122. The highest BCUT2D eigenvalue weighted by atomic mass is 35.5. The third-order valence-corrected chi connectivity index (χ3v) is 4.97. The highest BCUT2D eigenvalue weighted by molar-refractivity contribution is 8.13. The van der Waals surface area contributed by atoms with E-state index in [0.717, 1.165) is 22.9 Å². The van der Waals surface area contributed by atoms with E-state index in [4.69, 9.17) is 28.2 Å². The molecular weight excluding hydrogens is 311 g/mol. The number of halogens is 2. The molecule has 1 N–H and O–H groups in total. The molecule has 20 heavy (non-hydrogen) atoms. The number of nitrogens with one attached hydrogen (secondary N) is 1. The Morgan fingerprint density at radius 1 is 1.30 bits per heavy atom. The van der Waals surface area contributed by atoms with Crippen molar-refractivity contribution >= 4 is 40.1 Å². The lowest BCUT2D eigenvalue weighted by Crippen LogP contribution is -2.30. The summed E-state index contributed by atoms with van der Waals surface area (Å²) in [6.07, 6.45) is 1.16. The van der Waals surface area contributed by atoms with Gasteiger partial charge in [-0.05, 0) is 37.0 Å². The maximum Gasteiger partial charge on any atom is 0.157 e. The van der Waals surface area contributed by atoms with Gasteiger partial charge in [0.05, 0.1) is 12.1 Å². The number of hydrogen-bond donors (Lipinski definition) is 1. The van der Waals surface area contributed by atoms with Crippen molar-refractivity contribution in [3.8, 4) is 0 Å². The number of benzene rings is 1. The molecule has 0 spiro atoms. The lowest BCUT2D eigenvalue weighted by atomic mass is 10.0. The molecule has 2 nitrogen and oxygen atoms in total. The van der Waals surface area contributed by atoms with Gasteiger partial charge in [-0.1, -0.05) is 54.9 Å². The normalized spacial score (nSPS) is 20.7. The van der Waals surface area contributed by atoms with Crippen molar-refractivity contribution in [3.63, 3.8) is 0 Å². The molecule has 1 aromatic rings. The van der Waals surface area contributed by atoms with Gasteiger partial charge >= 0.3 is 0 Å². The zero-order valence-corrected chi connectivity index (χ0v) is 14.3. The highest BCUT2D eigenvalue weighted by Gasteiger charge is 2.20. The van der Waals surface area contributed by atoms with Crippen molar-refractivity contribution in [2.45, 2.75) is 39.3 Å². The Morgan fingerprint density at radius 2 is 2.05 bits per heavy atom. The molecular formula is C15H20Cl2N2S. The van der Waals surface area contributed by atoms with E-state index in [1.54, 1.807) is 17.8 Å². The first-order chi connectivity index (χ1) is 9.47. The maximum atomic E-state index is 6.25. The molecule has 0 amide bonds. The van der Waals surface area contributed by atoms with Crippen molar-refractivity contribution in [2.75, 3.05) is 5.75 Å². The first kappa shape index (κ1) is 16.0. The molecule has 110 valence electrons. The maximum absolute atomic E-state index is 6.25. The fourth-order valence-electron chi connectivity index (χ4n) is 2.21. The number of rotatable bonds is 3. The van der Waals surface area contributed by atoms with Crippen molar-refractivity contribution < 1.29 is 0 Å². The summed E-state index contributed by atoms with van der Waals surface area (Å²) in [5.74, 6) is 1.71. The van der Waals surface area contributed by atoms with Crippen LogP contribution >= 0.6 is 35.0 Å². The van der Waals surface area contributed by atoms with Gasteiger partial charge < -0.3 is 5.32 Å². The average Bonchev–Trinajstić information content (AvgIpc) is 2.38. The van der Waals surface area contributed by atoms with Crippen LogP contribution in [0.15, 0.2) is 23.2 Å². The van der Waals surface area contributed by atoms with Gasteiger partial charge in [-0.15, -0.1) is 0 Å². The third kappa shape index (κ3) is 4.06. The summed E-state index contributed by atoms with van der Waals surface area (Å²) in [5, 5.41) is 5.84. The van der Waals surface area contributed by atoms with Crippen LogP contribution in [0, 0.1) is 5.92 Å². The Kier molecular flexibility index (Phi) is 5.65. The van der Waals surface area contributed by atoms with Crippen LogP contribution in [0.3, 0.4) is 0 Å². The standard InChI is InChI=1S/C15H20Cl2N2S/c1-9(2)14-6-7-20-15(19-14)18-10(3)12-5-4-11(16)8-13(12)17/h4-5,8-10,14H,6-7H2,1-3H3,(H,18,19). The smallest absolute Gasteiger partial charge is 0.157 e. The molecule has 0 bridgehead atoms. The van der Waals surface area contributed by atoms with Crippen molar-refractivity contribution in [2.24, 2.45) is 10.9 Å². The minimum atomic E-state index is 0.122. The van der Waals surface area contributed by atoms with Crippen LogP contribution in [0.25, 0.3) is 0 Å².